The average Bonchev–Trinajstić information content (AvgIpc) is 3.23. The Balaban J connectivity index is 1.30. The maximum atomic E-state index is 12.5. The SMILES string of the molecule is C[C@@H](N[C@H]1CCC(c2ccc(C(=O)NC3CCNCC3)cc2)C1)c1cccc(Cl)c1. The quantitative estimate of drug-likeness (QED) is 0.622. The highest BCUT2D eigenvalue weighted by atomic mass is 35.5. The van der Waals surface area contributed by atoms with E-state index in [1.54, 1.807) is 0 Å². The molecule has 1 saturated heterocycles. The van der Waals surface area contributed by atoms with E-state index in [4.69, 9.17) is 11.6 Å². The van der Waals surface area contributed by atoms with Crippen molar-refractivity contribution in [3.63, 3.8) is 0 Å². The molecule has 0 spiro atoms. The van der Waals surface area contributed by atoms with Crippen molar-refractivity contribution in [1.82, 2.24) is 16.0 Å². The van der Waals surface area contributed by atoms with Gasteiger partial charge in [-0.3, -0.25) is 4.79 Å². The van der Waals surface area contributed by atoms with E-state index in [-0.39, 0.29) is 11.9 Å². The zero-order valence-electron chi connectivity index (χ0n) is 17.7. The summed E-state index contributed by atoms with van der Waals surface area (Å²) in [6.45, 7) is 4.17. The first-order chi connectivity index (χ1) is 14.6. The smallest absolute Gasteiger partial charge is 0.251 e. The maximum absolute atomic E-state index is 12.5. The number of halogens is 1. The molecular weight excluding hydrogens is 394 g/mol. The minimum Gasteiger partial charge on any atom is -0.349 e. The first-order valence-electron chi connectivity index (χ1n) is 11.2. The molecule has 0 bridgehead atoms. The van der Waals surface area contributed by atoms with Crippen LogP contribution in [-0.4, -0.2) is 31.1 Å². The highest BCUT2D eigenvalue weighted by Gasteiger charge is 2.27. The summed E-state index contributed by atoms with van der Waals surface area (Å²) in [6.07, 6.45) is 5.50. The zero-order chi connectivity index (χ0) is 20.9. The van der Waals surface area contributed by atoms with E-state index in [0.29, 0.717) is 18.0 Å². The van der Waals surface area contributed by atoms with Gasteiger partial charge in [-0.05, 0) is 93.4 Å². The van der Waals surface area contributed by atoms with Crippen molar-refractivity contribution < 1.29 is 4.79 Å². The summed E-state index contributed by atoms with van der Waals surface area (Å²) in [4.78, 5) is 12.5. The second-order valence-corrected chi connectivity index (χ2v) is 9.21. The number of nitrogens with one attached hydrogen (secondary N) is 3. The van der Waals surface area contributed by atoms with E-state index in [0.717, 1.165) is 42.9 Å². The second-order valence-electron chi connectivity index (χ2n) is 8.77. The fourth-order valence-electron chi connectivity index (χ4n) is 4.80. The van der Waals surface area contributed by atoms with Gasteiger partial charge in [-0.1, -0.05) is 35.9 Å². The van der Waals surface area contributed by atoms with Gasteiger partial charge in [-0.25, -0.2) is 0 Å². The van der Waals surface area contributed by atoms with Crippen LogP contribution in [0, 0.1) is 0 Å². The summed E-state index contributed by atoms with van der Waals surface area (Å²) < 4.78 is 0. The molecule has 2 fully saturated rings. The monoisotopic (exact) mass is 425 g/mol. The molecular formula is C25H32ClN3O. The molecule has 0 aromatic heterocycles. The molecule has 1 saturated carbocycles. The molecule has 1 heterocycles. The summed E-state index contributed by atoms with van der Waals surface area (Å²) in [5.41, 5.74) is 3.34. The third kappa shape index (κ3) is 5.42. The summed E-state index contributed by atoms with van der Waals surface area (Å²) >= 11 is 6.14. The standard InChI is InChI=1S/C25H32ClN3O/c1-17(20-3-2-4-22(26)15-20)28-24-10-9-21(16-24)18-5-7-19(8-6-18)25(30)29-23-11-13-27-14-12-23/h2-8,15,17,21,23-24,27-28H,9-14,16H2,1H3,(H,29,30)/t17-,21?,24+/m1/s1. The number of piperidine rings is 1. The topological polar surface area (TPSA) is 53.2 Å². The van der Waals surface area contributed by atoms with Crippen molar-refractivity contribution in [1.29, 1.82) is 0 Å². The Morgan fingerprint density at radius 2 is 1.80 bits per heavy atom. The molecule has 2 aliphatic rings. The zero-order valence-corrected chi connectivity index (χ0v) is 18.4. The molecule has 1 amide bonds. The third-order valence-corrected chi connectivity index (χ3v) is 6.82. The predicted molar refractivity (Wildman–Crippen MR) is 123 cm³/mol. The number of hydrogen-bond acceptors (Lipinski definition) is 3. The highest BCUT2D eigenvalue weighted by Crippen LogP contribution is 2.35. The van der Waals surface area contributed by atoms with Crippen LogP contribution in [0.5, 0.6) is 0 Å². The van der Waals surface area contributed by atoms with Crippen molar-refractivity contribution in [3.05, 3.63) is 70.2 Å². The maximum Gasteiger partial charge on any atom is 0.251 e. The fourth-order valence-corrected chi connectivity index (χ4v) is 5.00. The molecule has 4 nitrogen and oxygen atoms in total. The van der Waals surface area contributed by atoms with Gasteiger partial charge < -0.3 is 16.0 Å². The van der Waals surface area contributed by atoms with Crippen LogP contribution < -0.4 is 16.0 Å². The lowest BCUT2D eigenvalue weighted by Crippen LogP contribution is -2.42. The lowest BCUT2D eigenvalue weighted by molar-refractivity contribution is 0.0929. The van der Waals surface area contributed by atoms with Gasteiger partial charge in [0.15, 0.2) is 0 Å². The van der Waals surface area contributed by atoms with Crippen LogP contribution in [0.15, 0.2) is 48.5 Å². The van der Waals surface area contributed by atoms with Gasteiger partial charge in [0.2, 0.25) is 0 Å². The van der Waals surface area contributed by atoms with Gasteiger partial charge in [0.05, 0.1) is 0 Å². The Kier molecular flexibility index (Phi) is 7.08. The molecule has 2 aromatic rings. The lowest BCUT2D eigenvalue weighted by Gasteiger charge is -2.23. The second kappa shape index (κ2) is 9.95. The third-order valence-electron chi connectivity index (χ3n) is 6.59. The lowest BCUT2D eigenvalue weighted by atomic mass is 9.96. The summed E-state index contributed by atoms with van der Waals surface area (Å²) in [5, 5.41) is 11.1. The van der Waals surface area contributed by atoms with Crippen LogP contribution in [0.1, 0.15) is 72.5 Å². The molecule has 1 aliphatic carbocycles. The van der Waals surface area contributed by atoms with E-state index in [1.165, 1.54) is 24.0 Å². The highest BCUT2D eigenvalue weighted by molar-refractivity contribution is 6.30. The molecule has 30 heavy (non-hydrogen) atoms. The van der Waals surface area contributed by atoms with Crippen LogP contribution in [0.4, 0.5) is 0 Å². The van der Waals surface area contributed by atoms with E-state index in [9.17, 15) is 4.79 Å². The number of rotatable bonds is 6. The number of carbonyl (C=O) groups is 1. The first-order valence-corrected chi connectivity index (χ1v) is 11.6. The van der Waals surface area contributed by atoms with Crippen LogP contribution in [-0.2, 0) is 0 Å². The molecule has 0 radical (unpaired) electrons. The Hall–Kier alpha value is -1.88. The molecule has 160 valence electrons. The molecule has 5 heteroatoms. The minimum atomic E-state index is 0.0507. The first kappa shape index (κ1) is 21.4. The molecule has 3 atom stereocenters. The largest absolute Gasteiger partial charge is 0.349 e. The van der Waals surface area contributed by atoms with Crippen molar-refractivity contribution in [2.24, 2.45) is 0 Å². The number of amides is 1. The van der Waals surface area contributed by atoms with Crippen LogP contribution >= 0.6 is 11.6 Å². The van der Waals surface area contributed by atoms with Gasteiger partial charge in [0.25, 0.3) is 5.91 Å². The van der Waals surface area contributed by atoms with Crippen molar-refractivity contribution >= 4 is 17.5 Å². The molecule has 4 rings (SSSR count). The molecule has 1 unspecified atom stereocenters. The van der Waals surface area contributed by atoms with Crippen molar-refractivity contribution in [2.45, 2.75) is 63.1 Å². The van der Waals surface area contributed by atoms with Crippen LogP contribution in [0.25, 0.3) is 0 Å². The van der Waals surface area contributed by atoms with Crippen molar-refractivity contribution in [2.75, 3.05) is 13.1 Å². The van der Waals surface area contributed by atoms with Crippen LogP contribution in [0.2, 0.25) is 5.02 Å². The number of benzene rings is 2. The van der Waals surface area contributed by atoms with Gasteiger partial charge in [-0.15, -0.1) is 0 Å². The normalized spacial score (nSPS) is 23.3. The van der Waals surface area contributed by atoms with E-state index in [2.05, 4.69) is 41.1 Å². The predicted octanol–water partition coefficient (Wildman–Crippen LogP) is 4.81. The summed E-state index contributed by atoms with van der Waals surface area (Å²) in [5.74, 6) is 0.602. The van der Waals surface area contributed by atoms with Gasteiger partial charge >= 0.3 is 0 Å². The van der Waals surface area contributed by atoms with E-state index in [1.807, 2.05) is 30.3 Å². The Morgan fingerprint density at radius 1 is 1.03 bits per heavy atom. The molecule has 2 aromatic carbocycles. The summed E-state index contributed by atoms with van der Waals surface area (Å²) in [7, 11) is 0. The van der Waals surface area contributed by atoms with Gasteiger partial charge in [-0.2, -0.15) is 0 Å². The number of hydrogen-bond donors (Lipinski definition) is 3. The van der Waals surface area contributed by atoms with Crippen LogP contribution in [0.3, 0.4) is 0 Å². The summed E-state index contributed by atoms with van der Waals surface area (Å²) in [6, 6.07) is 17.4. The Labute approximate surface area is 184 Å². The van der Waals surface area contributed by atoms with Gasteiger partial charge in [0, 0.05) is 28.7 Å². The van der Waals surface area contributed by atoms with Gasteiger partial charge in [0.1, 0.15) is 0 Å². The Morgan fingerprint density at radius 3 is 2.53 bits per heavy atom. The Bertz CT molecular complexity index is 848. The number of carbonyl (C=O) groups excluding carboxylic acids is 1. The van der Waals surface area contributed by atoms with E-state index < -0.39 is 0 Å². The van der Waals surface area contributed by atoms with E-state index >= 15 is 0 Å². The average molecular weight is 426 g/mol. The molecule has 1 aliphatic heterocycles. The molecule has 3 N–H and O–H groups in total. The van der Waals surface area contributed by atoms with Crippen molar-refractivity contribution in [3.8, 4) is 0 Å². The fraction of sp³-hybridized carbons (Fsp3) is 0.480. The minimum absolute atomic E-state index is 0.0507.